The summed E-state index contributed by atoms with van der Waals surface area (Å²) >= 11 is 3.16. The summed E-state index contributed by atoms with van der Waals surface area (Å²) in [6.45, 7) is 2.96. The molecule has 0 nitrogen and oxygen atoms in total. The van der Waals surface area contributed by atoms with Gasteiger partial charge in [-0.3, -0.25) is 0 Å². The normalized spacial score (nSPS) is 11.8. The van der Waals surface area contributed by atoms with Crippen LogP contribution in [0.1, 0.15) is 19.4 Å². The fraction of sp³-hybridized carbons (Fsp3) is 0.400. The molecule has 0 N–H and O–H groups in total. The summed E-state index contributed by atoms with van der Waals surface area (Å²) in [5, 5.41) is 0. The quantitative estimate of drug-likeness (QED) is 0.746. The number of alkyl halides is 1. The monoisotopic (exact) mass is 248 g/mol. The Hall–Kier alpha value is -0.440. The van der Waals surface area contributed by atoms with Crippen molar-refractivity contribution < 1.29 is 8.78 Å². The number of hydrogen-bond donors (Lipinski definition) is 0. The van der Waals surface area contributed by atoms with Crippen molar-refractivity contribution in [2.24, 2.45) is 0 Å². The Kier molecular flexibility index (Phi) is 3.06. The average Bonchev–Trinajstić information content (AvgIpc) is 1.78. The van der Waals surface area contributed by atoms with Gasteiger partial charge in [0, 0.05) is 10.9 Å². The van der Waals surface area contributed by atoms with E-state index in [1.165, 1.54) is 26.0 Å². The highest BCUT2D eigenvalue weighted by molar-refractivity contribution is 9.10. The zero-order chi connectivity index (χ0) is 10.1. The van der Waals surface area contributed by atoms with Gasteiger partial charge in [0.2, 0.25) is 0 Å². The molecule has 0 aliphatic heterocycles. The van der Waals surface area contributed by atoms with Crippen LogP contribution in [0.25, 0.3) is 0 Å². The molecule has 0 unspecified atom stereocenters. The molecule has 0 amide bonds. The highest BCUT2D eigenvalue weighted by Gasteiger charge is 2.16. The molecule has 1 aromatic carbocycles. The molecule has 72 valence electrons. The molecular weight excluding hydrogens is 238 g/mol. The third kappa shape index (κ3) is 3.85. The van der Waals surface area contributed by atoms with E-state index in [1.807, 2.05) is 0 Å². The van der Waals surface area contributed by atoms with E-state index in [1.54, 1.807) is 6.07 Å². The van der Waals surface area contributed by atoms with Crippen LogP contribution in [0, 0.1) is 5.82 Å². The predicted octanol–water partition coefficient (Wildman–Crippen LogP) is 3.88. The lowest BCUT2D eigenvalue weighted by molar-refractivity contribution is 0.217. The average molecular weight is 249 g/mol. The second-order valence-electron chi connectivity index (χ2n) is 3.67. The maximum Gasteiger partial charge on any atom is 0.124 e. The van der Waals surface area contributed by atoms with Crippen molar-refractivity contribution in [1.29, 1.82) is 0 Å². The smallest absolute Gasteiger partial charge is 0.124 e. The standard InChI is InChI=1S/C10H11BrF2/c1-10(2,13)6-7-3-8(11)5-9(12)4-7/h3-5H,6H2,1-2H3. The van der Waals surface area contributed by atoms with E-state index in [-0.39, 0.29) is 12.2 Å². The van der Waals surface area contributed by atoms with Gasteiger partial charge in [-0.2, -0.15) is 0 Å². The second kappa shape index (κ2) is 3.74. The molecule has 1 rings (SSSR count). The zero-order valence-electron chi connectivity index (χ0n) is 7.57. The first kappa shape index (κ1) is 10.6. The minimum absolute atomic E-state index is 0.226. The van der Waals surface area contributed by atoms with Gasteiger partial charge in [-0.25, -0.2) is 8.78 Å². The van der Waals surface area contributed by atoms with E-state index in [2.05, 4.69) is 15.9 Å². The molecule has 0 saturated heterocycles. The first-order chi connectivity index (χ1) is 5.87. The Balaban J connectivity index is 2.90. The third-order valence-corrected chi connectivity index (χ3v) is 2.00. The molecule has 13 heavy (non-hydrogen) atoms. The van der Waals surface area contributed by atoms with Crippen molar-refractivity contribution in [1.82, 2.24) is 0 Å². The Bertz CT molecular complexity index is 282. The lowest BCUT2D eigenvalue weighted by atomic mass is 10.0. The molecule has 0 aliphatic carbocycles. The number of halogens is 3. The van der Waals surface area contributed by atoms with E-state index < -0.39 is 5.67 Å². The highest BCUT2D eigenvalue weighted by Crippen LogP contribution is 2.21. The molecular formula is C10H11BrF2. The zero-order valence-corrected chi connectivity index (χ0v) is 9.16. The minimum atomic E-state index is -1.30. The van der Waals surface area contributed by atoms with E-state index in [9.17, 15) is 8.78 Å². The molecule has 0 aromatic heterocycles. The Morgan fingerprint density at radius 1 is 1.31 bits per heavy atom. The number of rotatable bonds is 2. The van der Waals surface area contributed by atoms with Crippen molar-refractivity contribution in [3.8, 4) is 0 Å². The topological polar surface area (TPSA) is 0 Å². The minimum Gasteiger partial charge on any atom is -0.244 e. The van der Waals surface area contributed by atoms with E-state index in [4.69, 9.17) is 0 Å². The first-order valence-electron chi connectivity index (χ1n) is 4.01. The van der Waals surface area contributed by atoms with Gasteiger partial charge in [0.05, 0.1) is 0 Å². The fourth-order valence-electron chi connectivity index (χ4n) is 1.20. The highest BCUT2D eigenvalue weighted by atomic mass is 79.9. The number of benzene rings is 1. The first-order valence-corrected chi connectivity index (χ1v) is 4.80. The van der Waals surface area contributed by atoms with Crippen LogP contribution in [-0.2, 0) is 6.42 Å². The fourth-order valence-corrected chi connectivity index (χ4v) is 1.71. The van der Waals surface area contributed by atoms with Gasteiger partial charge < -0.3 is 0 Å². The van der Waals surface area contributed by atoms with Crippen LogP contribution < -0.4 is 0 Å². The summed E-state index contributed by atoms with van der Waals surface area (Å²) in [6.07, 6.45) is 0.226. The summed E-state index contributed by atoms with van der Waals surface area (Å²) in [5.41, 5.74) is -0.632. The van der Waals surface area contributed by atoms with Crippen molar-refractivity contribution in [3.05, 3.63) is 34.1 Å². The van der Waals surface area contributed by atoms with Crippen molar-refractivity contribution in [2.45, 2.75) is 25.9 Å². The maximum atomic E-state index is 13.2. The van der Waals surface area contributed by atoms with Crippen LogP contribution in [0.4, 0.5) is 8.78 Å². The summed E-state index contributed by atoms with van der Waals surface area (Å²) < 4.78 is 26.7. The Morgan fingerprint density at radius 2 is 1.92 bits per heavy atom. The van der Waals surface area contributed by atoms with E-state index in [0.717, 1.165) is 0 Å². The molecule has 0 saturated carbocycles. The van der Waals surface area contributed by atoms with Gasteiger partial charge in [-0.15, -0.1) is 0 Å². The Labute approximate surface area is 85.1 Å². The molecule has 0 spiro atoms. The van der Waals surface area contributed by atoms with Crippen molar-refractivity contribution in [3.63, 3.8) is 0 Å². The lowest BCUT2D eigenvalue weighted by Crippen LogP contribution is -2.15. The van der Waals surface area contributed by atoms with Gasteiger partial charge in [-0.05, 0) is 37.6 Å². The molecule has 1 aromatic rings. The van der Waals surface area contributed by atoms with Crippen molar-refractivity contribution in [2.75, 3.05) is 0 Å². The lowest BCUT2D eigenvalue weighted by Gasteiger charge is -2.13. The molecule has 0 atom stereocenters. The van der Waals surface area contributed by atoms with Crippen LogP contribution in [0.2, 0.25) is 0 Å². The summed E-state index contributed by atoms with van der Waals surface area (Å²) in [6, 6.07) is 4.44. The van der Waals surface area contributed by atoms with E-state index in [0.29, 0.717) is 10.0 Å². The summed E-state index contributed by atoms with van der Waals surface area (Å²) in [4.78, 5) is 0. The van der Waals surface area contributed by atoms with Gasteiger partial charge >= 0.3 is 0 Å². The van der Waals surface area contributed by atoms with Crippen LogP contribution in [0.3, 0.4) is 0 Å². The number of hydrogen-bond acceptors (Lipinski definition) is 0. The Morgan fingerprint density at radius 3 is 2.38 bits per heavy atom. The van der Waals surface area contributed by atoms with Gasteiger partial charge in [0.1, 0.15) is 11.5 Å². The summed E-state index contributed by atoms with van der Waals surface area (Å²) in [5.74, 6) is -0.339. The van der Waals surface area contributed by atoms with Crippen LogP contribution in [-0.4, -0.2) is 5.67 Å². The van der Waals surface area contributed by atoms with Crippen LogP contribution in [0.15, 0.2) is 22.7 Å². The van der Waals surface area contributed by atoms with Crippen molar-refractivity contribution >= 4 is 15.9 Å². The van der Waals surface area contributed by atoms with Gasteiger partial charge in [-0.1, -0.05) is 15.9 Å². The second-order valence-corrected chi connectivity index (χ2v) is 4.59. The van der Waals surface area contributed by atoms with Crippen LogP contribution >= 0.6 is 15.9 Å². The molecule has 0 aliphatic rings. The largest absolute Gasteiger partial charge is 0.244 e. The third-order valence-electron chi connectivity index (χ3n) is 1.55. The van der Waals surface area contributed by atoms with Crippen LogP contribution in [0.5, 0.6) is 0 Å². The SMILES string of the molecule is CC(C)(F)Cc1cc(F)cc(Br)c1. The summed E-state index contributed by atoms with van der Waals surface area (Å²) in [7, 11) is 0. The molecule has 0 radical (unpaired) electrons. The molecule has 0 fully saturated rings. The van der Waals surface area contributed by atoms with E-state index >= 15 is 0 Å². The molecule has 3 heteroatoms. The predicted molar refractivity (Wildman–Crippen MR) is 53.0 cm³/mol. The molecule has 0 heterocycles. The van der Waals surface area contributed by atoms with Gasteiger partial charge in [0.25, 0.3) is 0 Å². The van der Waals surface area contributed by atoms with Gasteiger partial charge in [0.15, 0.2) is 0 Å². The maximum absolute atomic E-state index is 13.2. The molecule has 0 bridgehead atoms.